The molecule has 2 saturated heterocycles. The third-order valence-corrected chi connectivity index (χ3v) is 5.10. The first-order valence-corrected chi connectivity index (χ1v) is 9.18. The summed E-state index contributed by atoms with van der Waals surface area (Å²) in [5.41, 5.74) is 0.632. The maximum Gasteiger partial charge on any atom is 0.253 e. The molecule has 7 nitrogen and oxygen atoms in total. The van der Waals surface area contributed by atoms with Gasteiger partial charge in [0.05, 0.1) is 19.8 Å². The van der Waals surface area contributed by atoms with Gasteiger partial charge in [-0.3, -0.25) is 14.5 Å². The Balaban J connectivity index is 1.48. The second-order valence-electron chi connectivity index (χ2n) is 6.93. The molecule has 7 heteroatoms. The van der Waals surface area contributed by atoms with Gasteiger partial charge in [-0.25, -0.2) is 0 Å². The predicted octanol–water partition coefficient (Wildman–Crippen LogP) is 0.436. The number of amides is 2. The molecule has 1 atom stereocenters. The number of β-amino-alcohol motifs (C(OH)–C–C–N with tert-alkyl or cyclic N) is 1. The first-order valence-electron chi connectivity index (χ1n) is 9.18. The highest BCUT2D eigenvalue weighted by atomic mass is 16.5. The molecule has 1 aromatic carbocycles. The molecule has 0 spiro atoms. The van der Waals surface area contributed by atoms with E-state index in [2.05, 4.69) is 0 Å². The highest BCUT2D eigenvalue weighted by Gasteiger charge is 2.27. The minimum atomic E-state index is -0.324. The Morgan fingerprint density at radius 1 is 1.08 bits per heavy atom. The van der Waals surface area contributed by atoms with Gasteiger partial charge < -0.3 is 19.6 Å². The number of benzene rings is 1. The summed E-state index contributed by atoms with van der Waals surface area (Å²) in [5.74, 6) is 0.786. The van der Waals surface area contributed by atoms with Crippen molar-refractivity contribution in [1.29, 1.82) is 0 Å². The molecule has 0 unspecified atom stereocenters. The summed E-state index contributed by atoms with van der Waals surface area (Å²) in [4.78, 5) is 30.7. The summed E-state index contributed by atoms with van der Waals surface area (Å²) < 4.78 is 5.12. The molecule has 3 rings (SSSR count). The van der Waals surface area contributed by atoms with Gasteiger partial charge >= 0.3 is 0 Å². The van der Waals surface area contributed by atoms with E-state index in [4.69, 9.17) is 4.74 Å². The average molecular weight is 361 g/mol. The number of piperidine rings is 1. The average Bonchev–Trinajstić information content (AvgIpc) is 2.67. The van der Waals surface area contributed by atoms with Crippen LogP contribution in [0.5, 0.6) is 5.75 Å². The topological polar surface area (TPSA) is 73.3 Å². The van der Waals surface area contributed by atoms with E-state index in [1.54, 1.807) is 36.3 Å². The number of piperazine rings is 1. The molecule has 2 heterocycles. The fourth-order valence-corrected chi connectivity index (χ4v) is 3.54. The number of rotatable bonds is 4. The molecule has 2 aliphatic heterocycles. The number of likely N-dealkylation sites (tertiary alicyclic amines) is 1. The Kier molecular flexibility index (Phi) is 6.11. The zero-order valence-corrected chi connectivity index (χ0v) is 15.3. The second kappa shape index (κ2) is 8.51. The zero-order chi connectivity index (χ0) is 18.5. The van der Waals surface area contributed by atoms with Crippen LogP contribution in [0.3, 0.4) is 0 Å². The number of nitrogens with zero attached hydrogens (tertiary/aromatic N) is 3. The van der Waals surface area contributed by atoms with Gasteiger partial charge in [0.1, 0.15) is 5.75 Å². The van der Waals surface area contributed by atoms with Crippen molar-refractivity contribution in [1.82, 2.24) is 14.7 Å². The molecule has 0 radical (unpaired) electrons. The minimum Gasteiger partial charge on any atom is -0.497 e. The van der Waals surface area contributed by atoms with Crippen LogP contribution in [-0.4, -0.2) is 90.6 Å². The number of hydrogen-bond donors (Lipinski definition) is 1. The highest BCUT2D eigenvalue weighted by molar-refractivity contribution is 5.94. The van der Waals surface area contributed by atoms with E-state index in [-0.39, 0.29) is 17.9 Å². The van der Waals surface area contributed by atoms with Gasteiger partial charge in [0, 0.05) is 38.3 Å². The van der Waals surface area contributed by atoms with Crippen molar-refractivity contribution in [2.45, 2.75) is 18.9 Å². The van der Waals surface area contributed by atoms with E-state index in [1.165, 1.54) is 0 Å². The predicted molar refractivity (Wildman–Crippen MR) is 97.2 cm³/mol. The molecule has 0 saturated carbocycles. The van der Waals surface area contributed by atoms with Crippen LogP contribution < -0.4 is 4.74 Å². The quantitative estimate of drug-likeness (QED) is 0.842. The number of carbonyl (C=O) groups is 2. The number of aliphatic hydroxyl groups excluding tert-OH is 1. The summed E-state index contributed by atoms with van der Waals surface area (Å²) in [6.07, 6.45) is 1.42. The van der Waals surface area contributed by atoms with Crippen LogP contribution >= 0.6 is 0 Å². The van der Waals surface area contributed by atoms with E-state index in [0.29, 0.717) is 44.8 Å². The molecule has 1 N–H and O–H groups in total. The van der Waals surface area contributed by atoms with Gasteiger partial charge in [0.15, 0.2) is 0 Å². The number of methoxy groups -OCH3 is 1. The van der Waals surface area contributed by atoms with Crippen molar-refractivity contribution >= 4 is 11.8 Å². The molecule has 2 aliphatic rings. The number of ether oxygens (including phenoxy) is 1. The lowest BCUT2D eigenvalue weighted by Crippen LogP contribution is -2.53. The van der Waals surface area contributed by atoms with Gasteiger partial charge in [-0.1, -0.05) is 0 Å². The van der Waals surface area contributed by atoms with E-state index in [1.807, 2.05) is 9.80 Å². The first kappa shape index (κ1) is 18.7. The number of carbonyl (C=O) groups excluding carboxylic acids is 2. The monoisotopic (exact) mass is 361 g/mol. The van der Waals surface area contributed by atoms with Crippen LogP contribution in [-0.2, 0) is 4.79 Å². The van der Waals surface area contributed by atoms with Gasteiger partial charge in [-0.15, -0.1) is 0 Å². The third kappa shape index (κ3) is 4.53. The van der Waals surface area contributed by atoms with Gasteiger partial charge in [-0.05, 0) is 43.7 Å². The van der Waals surface area contributed by atoms with Crippen molar-refractivity contribution in [2.24, 2.45) is 0 Å². The number of hydrogen-bond acceptors (Lipinski definition) is 5. The van der Waals surface area contributed by atoms with Crippen molar-refractivity contribution in [2.75, 3.05) is 52.9 Å². The van der Waals surface area contributed by atoms with Crippen molar-refractivity contribution in [3.8, 4) is 5.75 Å². The van der Waals surface area contributed by atoms with Crippen LogP contribution in [0.4, 0.5) is 0 Å². The molecular weight excluding hydrogens is 334 g/mol. The molecule has 26 heavy (non-hydrogen) atoms. The minimum absolute atomic E-state index is 0.0149. The molecule has 2 amide bonds. The standard InChI is InChI=1S/C19H27N3O4/c1-26-17-6-4-15(5-7-17)19(25)22-11-9-21(10-12-22)18(24)14-20-8-2-3-16(23)13-20/h4-7,16,23H,2-3,8-14H2,1H3/t16-/m1/s1. The summed E-state index contributed by atoms with van der Waals surface area (Å²) in [7, 11) is 1.59. The van der Waals surface area contributed by atoms with Crippen LogP contribution in [0.1, 0.15) is 23.2 Å². The maximum absolute atomic E-state index is 12.6. The molecule has 142 valence electrons. The van der Waals surface area contributed by atoms with Crippen molar-refractivity contribution < 1.29 is 19.4 Å². The first-order chi connectivity index (χ1) is 12.6. The van der Waals surface area contributed by atoms with Crippen LogP contribution in [0, 0.1) is 0 Å². The summed E-state index contributed by atoms with van der Waals surface area (Å²) >= 11 is 0. The molecule has 1 aromatic rings. The van der Waals surface area contributed by atoms with Crippen LogP contribution in [0.2, 0.25) is 0 Å². The second-order valence-corrected chi connectivity index (χ2v) is 6.93. The molecular formula is C19H27N3O4. The molecule has 2 fully saturated rings. The van der Waals surface area contributed by atoms with Crippen LogP contribution in [0.15, 0.2) is 24.3 Å². The smallest absolute Gasteiger partial charge is 0.253 e. The third-order valence-electron chi connectivity index (χ3n) is 5.10. The maximum atomic E-state index is 12.6. The lowest BCUT2D eigenvalue weighted by atomic mass is 10.1. The Morgan fingerprint density at radius 2 is 1.73 bits per heavy atom. The van der Waals surface area contributed by atoms with E-state index < -0.39 is 0 Å². The van der Waals surface area contributed by atoms with E-state index >= 15 is 0 Å². The Labute approximate surface area is 154 Å². The fourth-order valence-electron chi connectivity index (χ4n) is 3.54. The van der Waals surface area contributed by atoms with Crippen molar-refractivity contribution in [3.63, 3.8) is 0 Å². The summed E-state index contributed by atoms with van der Waals surface area (Å²) in [5, 5.41) is 9.72. The summed E-state index contributed by atoms with van der Waals surface area (Å²) in [6.45, 7) is 3.97. The van der Waals surface area contributed by atoms with Gasteiger partial charge in [0.2, 0.25) is 5.91 Å². The zero-order valence-electron chi connectivity index (χ0n) is 15.3. The SMILES string of the molecule is COc1ccc(C(=O)N2CCN(C(=O)CN3CCC[C@@H](O)C3)CC2)cc1. The molecule has 0 aliphatic carbocycles. The van der Waals surface area contributed by atoms with E-state index in [0.717, 1.165) is 25.1 Å². The molecule has 0 bridgehead atoms. The molecule has 0 aromatic heterocycles. The Hall–Kier alpha value is -2.12. The van der Waals surface area contributed by atoms with Crippen molar-refractivity contribution in [3.05, 3.63) is 29.8 Å². The van der Waals surface area contributed by atoms with Crippen LogP contribution in [0.25, 0.3) is 0 Å². The van der Waals surface area contributed by atoms with E-state index in [9.17, 15) is 14.7 Å². The number of aliphatic hydroxyl groups is 1. The Morgan fingerprint density at radius 3 is 2.35 bits per heavy atom. The lowest BCUT2D eigenvalue weighted by Gasteiger charge is -2.37. The Bertz CT molecular complexity index is 626. The van der Waals surface area contributed by atoms with Gasteiger partial charge in [-0.2, -0.15) is 0 Å². The highest BCUT2D eigenvalue weighted by Crippen LogP contribution is 2.15. The largest absolute Gasteiger partial charge is 0.497 e. The van der Waals surface area contributed by atoms with Gasteiger partial charge in [0.25, 0.3) is 5.91 Å². The normalized spacial score (nSPS) is 21.5. The summed E-state index contributed by atoms with van der Waals surface area (Å²) in [6, 6.07) is 7.08. The fraction of sp³-hybridized carbons (Fsp3) is 0.579. The lowest BCUT2D eigenvalue weighted by molar-refractivity contribution is -0.134.